The van der Waals surface area contributed by atoms with Gasteiger partial charge in [0.15, 0.2) is 5.89 Å². The molecule has 0 amide bonds. The van der Waals surface area contributed by atoms with Crippen LogP contribution in [0.3, 0.4) is 0 Å². The van der Waals surface area contributed by atoms with Crippen LogP contribution in [0.1, 0.15) is 38.3 Å². The van der Waals surface area contributed by atoms with E-state index in [1.54, 1.807) is 6.26 Å². The molecule has 0 radical (unpaired) electrons. The third kappa shape index (κ3) is 2.84. The third-order valence-electron chi connectivity index (χ3n) is 2.07. The summed E-state index contributed by atoms with van der Waals surface area (Å²) in [5, 5.41) is 3.17. The lowest BCUT2D eigenvalue weighted by molar-refractivity contribution is 0.470. The van der Waals surface area contributed by atoms with Gasteiger partial charge in [-0.25, -0.2) is 4.98 Å². The largest absolute Gasteiger partial charge is 0.448 e. The van der Waals surface area contributed by atoms with Crippen LogP contribution in [0.5, 0.6) is 0 Å². The van der Waals surface area contributed by atoms with Crippen LogP contribution >= 0.6 is 0 Å². The van der Waals surface area contributed by atoms with Gasteiger partial charge in [-0.2, -0.15) is 0 Å². The molecule has 1 aromatic rings. The van der Waals surface area contributed by atoms with Crippen molar-refractivity contribution >= 4 is 0 Å². The van der Waals surface area contributed by atoms with Gasteiger partial charge in [-0.15, -0.1) is 0 Å². The van der Waals surface area contributed by atoms with E-state index in [1.165, 1.54) is 0 Å². The van der Waals surface area contributed by atoms with Gasteiger partial charge in [-0.05, 0) is 14.0 Å². The molecule has 0 spiro atoms. The molecule has 13 heavy (non-hydrogen) atoms. The van der Waals surface area contributed by atoms with Crippen LogP contribution in [0.25, 0.3) is 0 Å². The number of likely N-dealkylation sites (N-methyl/N-ethyl adjacent to an activating group) is 1. The van der Waals surface area contributed by atoms with Crippen molar-refractivity contribution in [3.05, 3.63) is 17.8 Å². The van der Waals surface area contributed by atoms with Crippen molar-refractivity contribution in [2.45, 2.75) is 39.2 Å². The minimum absolute atomic E-state index is 0.374. The molecule has 1 unspecified atom stereocenters. The van der Waals surface area contributed by atoms with Crippen molar-refractivity contribution in [1.29, 1.82) is 0 Å². The minimum Gasteiger partial charge on any atom is -0.448 e. The first kappa shape index (κ1) is 10.3. The summed E-state index contributed by atoms with van der Waals surface area (Å²) in [6, 6.07) is 0.449. The second kappa shape index (κ2) is 4.42. The molecular weight excluding hydrogens is 164 g/mol. The molecule has 0 aliphatic rings. The lowest BCUT2D eigenvalue weighted by Crippen LogP contribution is -2.23. The lowest BCUT2D eigenvalue weighted by atomic mass is 10.2. The van der Waals surface area contributed by atoms with Gasteiger partial charge >= 0.3 is 0 Å². The fraction of sp³-hybridized carbons (Fsp3) is 0.700. The highest BCUT2D eigenvalue weighted by atomic mass is 16.3. The first-order valence-electron chi connectivity index (χ1n) is 4.75. The fourth-order valence-corrected chi connectivity index (χ4v) is 1.10. The van der Waals surface area contributed by atoms with Crippen LogP contribution in [0.15, 0.2) is 10.7 Å². The maximum Gasteiger partial charge on any atom is 0.196 e. The maximum absolute atomic E-state index is 5.33. The van der Waals surface area contributed by atoms with Crippen molar-refractivity contribution in [2.75, 3.05) is 7.05 Å². The maximum atomic E-state index is 5.33. The Morgan fingerprint density at radius 1 is 1.46 bits per heavy atom. The Morgan fingerprint density at radius 2 is 2.15 bits per heavy atom. The smallest absolute Gasteiger partial charge is 0.196 e. The van der Waals surface area contributed by atoms with Crippen molar-refractivity contribution < 1.29 is 4.42 Å². The molecular formula is C10H18N2O. The average Bonchev–Trinajstić information content (AvgIpc) is 2.52. The molecule has 0 aromatic carbocycles. The summed E-state index contributed by atoms with van der Waals surface area (Å²) in [6.07, 6.45) is 2.68. The third-order valence-corrected chi connectivity index (χ3v) is 2.07. The first-order valence-corrected chi connectivity index (χ1v) is 4.75. The quantitative estimate of drug-likeness (QED) is 0.773. The first-order chi connectivity index (χ1) is 6.13. The van der Waals surface area contributed by atoms with Gasteiger partial charge in [-0.1, -0.05) is 13.8 Å². The van der Waals surface area contributed by atoms with Gasteiger partial charge in [0.1, 0.15) is 6.26 Å². The second-order valence-corrected chi connectivity index (χ2v) is 3.73. The summed E-state index contributed by atoms with van der Waals surface area (Å²) in [7, 11) is 1.95. The summed E-state index contributed by atoms with van der Waals surface area (Å²) in [5.74, 6) is 1.21. The SMILES string of the molecule is CNC(C)Cc1coc(C(C)C)n1. The molecule has 0 saturated heterocycles. The number of hydrogen-bond donors (Lipinski definition) is 1. The summed E-state index contributed by atoms with van der Waals surface area (Å²) in [4.78, 5) is 4.39. The molecule has 0 saturated carbocycles. The molecule has 0 bridgehead atoms. The van der Waals surface area contributed by atoms with Crippen LogP contribution in [0.2, 0.25) is 0 Å². The number of nitrogens with zero attached hydrogens (tertiary/aromatic N) is 1. The number of nitrogens with one attached hydrogen (secondary N) is 1. The number of rotatable bonds is 4. The molecule has 3 nitrogen and oxygen atoms in total. The monoisotopic (exact) mass is 182 g/mol. The number of aromatic nitrogens is 1. The number of hydrogen-bond acceptors (Lipinski definition) is 3. The van der Waals surface area contributed by atoms with Crippen LogP contribution in [0, 0.1) is 0 Å². The zero-order valence-corrected chi connectivity index (χ0v) is 8.79. The van der Waals surface area contributed by atoms with Gasteiger partial charge in [-0.3, -0.25) is 0 Å². The van der Waals surface area contributed by atoms with Crippen molar-refractivity contribution in [1.82, 2.24) is 10.3 Å². The predicted molar refractivity (Wildman–Crippen MR) is 52.8 cm³/mol. The van der Waals surface area contributed by atoms with Gasteiger partial charge in [0.25, 0.3) is 0 Å². The van der Waals surface area contributed by atoms with Crippen molar-refractivity contribution in [2.24, 2.45) is 0 Å². The van der Waals surface area contributed by atoms with Crippen LogP contribution in [0.4, 0.5) is 0 Å². The highest BCUT2D eigenvalue weighted by molar-refractivity contribution is 5.00. The Hall–Kier alpha value is -0.830. The van der Waals surface area contributed by atoms with E-state index in [-0.39, 0.29) is 0 Å². The van der Waals surface area contributed by atoms with Crippen LogP contribution in [-0.4, -0.2) is 18.1 Å². The predicted octanol–water partition coefficient (Wildman–Crippen LogP) is 1.95. The zero-order chi connectivity index (χ0) is 9.84. The Labute approximate surface area is 79.5 Å². The minimum atomic E-state index is 0.374. The van der Waals surface area contributed by atoms with Gasteiger partial charge in [0.05, 0.1) is 5.69 Å². The van der Waals surface area contributed by atoms with Crippen LogP contribution < -0.4 is 5.32 Å². The van der Waals surface area contributed by atoms with E-state index in [9.17, 15) is 0 Å². The van der Waals surface area contributed by atoms with Gasteiger partial charge in [0.2, 0.25) is 0 Å². The summed E-state index contributed by atoms with van der Waals surface area (Å²) >= 11 is 0. The van der Waals surface area contributed by atoms with E-state index in [0.29, 0.717) is 12.0 Å². The molecule has 0 aliphatic carbocycles. The lowest BCUT2D eigenvalue weighted by Gasteiger charge is -2.05. The highest BCUT2D eigenvalue weighted by Crippen LogP contribution is 2.13. The van der Waals surface area contributed by atoms with E-state index < -0.39 is 0 Å². The van der Waals surface area contributed by atoms with Crippen LogP contribution in [-0.2, 0) is 6.42 Å². The van der Waals surface area contributed by atoms with Crippen molar-refractivity contribution in [3.63, 3.8) is 0 Å². The average molecular weight is 182 g/mol. The number of oxazole rings is 1. The van der Waals surface area contributed by atoms with Gasteiger partial charge in [0, 0.05) is 18.4 Å². The summed E-state index contributed by atoms with van der Waals surface area (Å²) < 4.78 is 5.33. The molecule has 1 N–H and O–H groups in total. The van der Waals surface area contributed by atoms with E-state index in [0.717, 1.165) is 18.0 Å². The van der Waals surface area contributed by atoms with E-state index in [4.69, 9.17) is 4.42 Å². The summed E-state index contributed by atoms with van der Waals surface area (Å²) in [6.45, 7) is 6.29. The highest BCUT2D eigenvalue weighted by Gasteiger charge is 2.09. The molecule has 0 aliphatic heterocycles. The van der Waals surface area contributed by atoms with E-state index in [2.05, 4.69) is 31.1 Å². The Morgan fingerprint density at radius 3 is 2.62 bits per heavy atom. The topological polar surface area (TPSA) is 38.1 Å². The molecule has 1 aromatic heterocycles. The van der Waals surface area contributed by atoms with Gasteiger partial charge < -0.3 is 9.73 Å². The Kier molecular flexibility index (Phi) is 3.48. The van der Waals surface area contributed by atoms with E-state index in [1.807, 2.05) is 7.05 Å². The second-order valence-electron chi connectivity index (χ2n) is 3.73. The Bertz CT molecular complexity index is 255. The fourth-order valence-electron chi connectivity index (χ4n) is 1.10. The zero-order valence-electron chi connectivity index (χ0n) is 8.79. The molecule has 74 valence electrons. The molecule has 0 fully saturated rings. The van der Waals surface area contributed by atoms with Crippen molar-refractivity contribution in [3.8, 4) is 0 Å². The molecule has 1 rings (SSSR count). The molecule has 1 atom stereocenters. The summed E-state index contributed by atoms with van der Waals surface area (Å²) in [5.41, 5.74) is 1.03. The normalized spacial score (nSPS) is 13.6. The standard InChI is InChI=1S/C10H18N2O/c1-7(2)10-12-9(6-13-10)5-8(3)11-4/h6-8,11H,5H2,1-4H3. The Balaban J connectivity index is 2.58. The molecule has 3 heteroatoms. The molecule has 1 heterocycles. The van der Waals surface area contributed by atoms with E-state index >= 15 is 0 Å².